The molecule has 27 heavy (non-hydrogen) atoms. The van der Waals surface area contributed by atoms with Gasteiger partial charge in [0, 0.05) is 18.7 Å². The fourth-order valence-corrected chi connectivity index (χ4v) is 2.72. The number of carbonyl (C=O) groups excluding carboxylic acids is 1. The van der Waals surface area contributed by atoms with Crippen molar-refractivity contribution in [1.82, 2.24) is 4.90 Å². The first-order chi connectivity index (χ1) is 12.9. The summed E-state index contributed by atoms with van der Waals surface area (Å²) in [4.78, 5) is 13.4. The van der Waals surface area contributed by atoms with Gasteiger partial charge in [-0.05, 0) is 49.9 Å². The summed E-state index contributed by atoms with van der Waals surface area (Å²) in [5, 5.41) is 19.2. The van der Waals surface area contributed by atoms with Crippen molar-refractivity contribution in [3.63, 3.8) is 0 Å². The van der Waals surface area contributed by atoms with E-state index in [4.69, 9.17) is 14.7 Å². The van der Waals surface area contributed by atoms with Gasteiger partial charge >= 0.3 is 0 Å². The van der Waals surface area contributed by atoms with Crippen LogP contribution >= 0.6 is 0 Å². The SMILES string of the molecule is COc1cc(C(C)=O)ccc1OCC(O)CN(C)Cc1cccc(C#N)c1. The Balaban J connectivity index is 1.89. The van der Waals surface area contributed by atoms with Crippen molar-refractivity contribution in [1.29, 1.82) is 5.26 Å². The third kappa shape index (κ3) is 6.10. The normalized spacial score (nSPS) is 11.7. The fourth-order valence-electron chi connectivity index (χ4n) is 2.72. The number of nitriles is 1. The van der Waals surface area contributed by atoms with Gasteiger partial charge in [0.2, 0.25) is 0 Å². The summed E-state index contributed by atoms with van der Waals surface area (Å²) < 4.78 is 10.9. The summed E-state index contributed by atoms with van der Waals surface area (Å²) >= 11 is 0. The van der Waals surface area contributed by atoms with Gasteiger partial charge in [-0.1, -0.05) is 12.1 Å². The first-order valence-electron chi connectivity index (χ1n) is 8.60. The molecule has 0 amide bonds. The van der Waals surface area contributed by atoms with Crippen molar-refractivity contribution in [2.24, 2.45) is 0 Å². The van der Waals surface area contributed by atoms with Crippen LogP contribution in [0.25, 0.3) is 0 Å². The van der Waals surface area contributed by atoms with Gasteiger partial charge in [-0.15, -0.1) is 0 Å². The lowest BCUT2D eigenvalue weighted by Crippen LogP contribution is -2.32. The van der Waals surface area contributed by atoms with Gasteiger partial charge in [-0.25, -0.2) is 0 Å². The maximum atomic E-state index is 11.4. The van der Waals surface area contributed by atoms with Crippen molar-refractivity contribution in [2.75, 3.05) is 27.3 Å². The summed E-state index contributed by atoms with van der Waals surface area (Å²) in [7, 11) is 3.40. The number of ketones is 1. The molecule has 0 bridgehead atoms. The lowest BCUT2D eigenvalue weighted by atomic mass is 10.1. The molecular formula is C21H24N2O4. The van der Waals surface area contributed by atoms with Gasteiger partial charge in [0.1, 0.15) is 12.7 Å². The van der Waals surface area contributed by atoms with E-state index in [-0.39, 0.29) is 12.4 Å². The molecule has 0 saturated carbocycles. The highest BCUT2D eigenvalue weighted by atomic mass is 16.5. The smallest absolute Gasteiger partial charge is 0.161 e. The minimum Gasteiger partial charge on any atom is -0.493 e. The maximum absolute atomic E-state index is 11.4. The number of benzene rings is 2. The second-order valence-electron chi connectivity index (χ2n) is 6.40. The average molecular weight is 368 g/mol. The Labute approximate surface area is 159 Å². The number of ether oxygens (including phenoxy) is 2. The number of aliphatic hydroxyl groups excluding tert-OH is 1. The van der Waals surface area contributed by atoms with Gasteiger partial charge in [0.15, 0.2) is 17.3 Å². The van der Waals surface area contributed by atoms with Crippen LogP contribution in [-0.2, 0) is 6.54 Å². The number of methoxy groups -OCH3 is 1. The quantitative estimate of drug-likeness (QED) is 0.685. The van der Waals surface area contributed by atoms with Crippen molar-refractivity contribution in [3.05, 3.63) is 59.2 Å². The molecule has 0 spiro atoms. The highest BCUT2D eigenvalue weighted by Crippen LogP contribution is 2.28. The number of rotatable bonds is 9. The molecule has 2 aromatic carbocycles. The molecule has 0 aliphatic carbocycles. The van der Waals surface area contributed by atoms with E-state index in [0.717, 1.165) is 5.56 Å². The second kappa shape index (κ2) is 9.72. The molecule has 1 N–H and O–H groups in total. The van der Waals surface area contributed by atoms with Crippen LogP contribution in [-0.4, -0.2) is 49.2 Å². The monoisotopic (exact) mass is 368 g/mol. The van der Waals surface area contributed by atoms with Crippen LogP contribution in [0.3, 0.4) is 0 Å². The molecule has 0 aliphatic heterocycles. The number of likely N-dealkylation sites (N-methyl/N-ethyl adjacent to an activating group) is 1. The molecule has 0 heterocycles. The van der Waals surface area contributed by atoms with E-state index in [0.29, 0.717) is 35.7 Å². The van der Waals surface area contributed by atoms with E-state index in [2.05, 4.69) is 6.07 Å². The molecule has 142 valence electrons. The van der Waals surface area contributed by atoms with Crippen LogP contribution in [0.1, 0.15) is 28.4 Å². The fraction of sp³-hybridized carbons (Fsp3) is 0.333. The molecule has 1 atom stereocenters. The predicted molar refractivity (Wildman–Crippen MR) is 102 cm³/mol. The van der Waals surface area contributed by atoms with Crippen LogP contribution in [0.4, 0.5) is 0 Å². The summed E-state index contributed by atoms with van der Waals surface area (Å²) in [6.45, 7) is 2.60. The summed E-state index contributed by atoms with van der Waals surface area (Å²) in [5.41, 5.74) is 2.16. The van der Waals surface area contributed by atoms with Gasteiger partial charge in [0.05, 0.1) is 18.7 Å². The van der Waals surface area contributed by atoms with Crippen LogP contribution in [0, 0.1) is 11.3 Å². The zero-order valence-corrected chi connectivity index (χ0v) is 15.8. The number of aliphatic hydroxyl groups is 1. The lowest BCUT2D eigenvalue weighted by Gasteiger charge is -2.21. The third-order valence-electron chi connectivity index (χ3n) is 4.03. The second-order valence-corrected chi connectivity index (χ2v) is 6.40. The Morgan fingerprint density at radius 1 is 1.26 bits per heavy atom. The van der Waals surface area contributed by atoms with E-state index in [9.17, 15) is 9.90 Å². The van der Waals surface area contributed by atoms with Crippen LogP contribution in [0.15, 0.2) is 42.5 Å². The van der Waals surface area contributed by atoms with Crippen molar-refractivity contribution in [3.8, 4) is 17.6 Å². The topological polar surface area (TPSA) is 82.8 Å². The molecule has 1 unspecified atom stereocenters. The van der Waals surface area contributed by atoms with Crippen LogP contribution in [0.2, 0.25) is 0 Å². The minimum atomic E-state index is -0.702. The van der Waals surface area contributed by atoms with Crippen molar-refractivity contribution < 1.29 is 19.4 Å². The third-order valence-corrected chi connectivity index (χ3v) is 4.03. The van der Waals surface area contributed by atoms with E-state index in [1.165, 1.54) is 14.0 Å². The molecule has 0 saturated heterocycles. The van der Waals surface area contributed by atoms with Gasteiger partial charge in [-0.2, -0.15) is 5.26 Å². The van der Waals surface area contributed by atoms with E-state index in [1.54, 1.807) is 24.3 Å². The first-order valence-corrected chi connectivity index (χ1v) is 8.60. The predicted octanol–water partition coefficient (Wildman–Crippen LogP) is 2.64. The summed E-state index contributed by atoms with van der Waals surface area (Å²) in [6.07, 6.45) is -0.702. The Bertz CT molecular complexity index is 829. The molecular weight excluding hydrogens is 344 g/mol. The van der Waals surface area contributed by atoms with Crippen LogP contribution < -0.4 is 9.47 Å². The Kier molecular flexibility index (Phi) is 7.35. The van der Waals surface area contributed by atoms with Gasteiger partial charge in [-0.3, -0.25) is 9.69 Å². The molecule has 0 fully saturated rings. The van der Waals surface area contributed by atoms with E-state index in [1.807, 2.05) is 30.1 Å². The van der Waals surface area contributed by atoms with Crippen molar-refractivity contribution >= 4 is 5.78 Å². The number of hydrogen-bond donors (Lipinski definition) is 1. The highest BCUT2D eigenvalue weighted by molar-refractivity contribution is 5.94. The molecule has 6 heteroatoms. The summed E-state index contributed by atoms with van der Waals surface area (Å²) in [6, 6.07) is 14.5. The zero-order chi connectivity index (χ0) is 19.8. The zero-order valence-electron chi connectivity index (χ0n) is 15.8. The van der Waals surface area contributed by atoms with E-state index >= 15 is 0 Å². The molecule has 0 aromatic heterocycles. The number of carbonyl (C=O) groups is 1. The lowest BCUT2D eigenvalue weighted by molar-refractivity contribution is 0.0732. The standard InChI is InChI=1S/C21H24N2O4/c1-15(24)18-7-8-20(21(10-18)26-3)27-14-19(25)13-23(2)12-17-6-4-5-16(9-17)11-22/h4-10,19,25H,12-14H2,1-3H3. The number of nitrogens with zero attached hydrogens (tertiary/aromatic N) is 2. The Morgan fingerprint density at radius 2 is 2.04 bits per heavy atom. The molecule has 2 rings (SSSR count). The van der Waals surface area contributed by atoms with Crippen LogP contribution in [0.5, 0.6) is 11.5 Å². The summed E-state index contributed by atoms with van der Waals surface area (Å²) in [5.74, 6) is 0.879. The molecule has 2 aromatic rings. The molecule has 0 aliphatic rings. The molecule has 0 radical (unpaired) electrons. The average Bonchev–Trinajstić information content (AvgIpc) is 2.66. The number of Topliss-reactive ketones (excluding diaryl/α,β-unsaturated/α-hetero) is 1. The Morgan fingerprint density at radius 3 is 2.70 bits per heavy atom. The van der Waals surface area contributed by atoms with Gasteiger partial charge < -0.3 is 14.6 Å². The van der Waals surface area contributed by atoms with Gasteiger partial charge in [0.25, 0.3) is 0 Å². The largest absolute Gasteiger partial charge is 0.493 e. The minimum absolute atomic E-state index is 0.0537. The number of hydrogen-bond acceptors (Lipinski definition) is 6. The highest BCUT2D eigenvalue weighted by Gasteiger charge is 2.13. The Hall–Kier alpha value is -2.88. The molecule has 6 nitrogen and oxygen atoms in total. The first kappa shape index (κ1) is 20.4. The van der Waals surface area contributed by atoms with Crippen molar-refractivity contribution in [2.45, 2.75) is 19.6 Å². The van der Waals surface area contributed by atoms with E-state index < -0.39 is 6.10 Å². The maximum Gasteiger partial charge on any atom is 0.161 e.